The Morgan fingerprint density at radius 1 is 1.23 bits per heavy atom. The van der Waals surface area contributed by atoms with Gasteiger partial charge in [-0.1, -0.05) is 48.0 Å². The summed E-state index contributed by atoms with van der Waals surface area (Å²) in [4.78, 5) is 29.2. The van der Waals surface area contributed by atoms with Gasteiger partial charge in [-0.3, -0.25) is 9.59 Å². The molecule has 2 atom stereocenters. The number of hydrogen-bond acceptors (Lipinski definition) is 5. The van der Waals surface area contributed by atoms with Crippen molar-refractivity contribution in [2.24, 2.45) is 0 Å². The van der Waals surface area contributed by atoms with Crippen molar-refractivity contribution in [2.45, 2.75) is 64.3 Å². The highest BCUT2D eigenvalue weighted by atomic mass is 35.5. The normalized spacial score (nSPS) is 16.9. The fourth-order valence-electron chi connectivity index (χ4n) is 4.22. The van der Waals surface area contributed by atoms with E-state index in [2.05, 4.69) is 15.6 Å². The molecule has 0 bridgehead atoms. The highest BCUT2D eigenvalue weighted by molar-refractivity contribution is 6.30. The van der Waals surface area contributed by atoms with E-state index in [1.54, 1.807) is 33.8 Å². The van der Waals surface area contributed by atoms with Gasteiger partial charge in [-0.05, 0) is 62.9 Å². The Hall–Kier alpha value is -2.97. The summed E-state index contributed by atoms with van der Waals surface area (Å²) in [6.07, 6.45) is 2.39. The fraction of sp³-hybridized carbons (Fsp3) is 0.462. The SMILES string of the molecule is CCC(C)(C)NC(=O)[C@@H](c1ccc(Cl)cc1)N(C[C@H]1CCCO1)C(=O)Cn1nnc2ccccc21. The molecule has 2 aromatic carbocycles. The average Bonchev–Trinajstić information content (AvgIpc) is 3.50. The van der Waals surface area contributed by atoms with Crippen LogP contribution in [-0.2, 0) is 20.9 Å². The largest absolute Gasteiger partial charge is 0.376 e. The molecule has 0 spiro atoms. The first-order valence-corrected chi connectivity index (χ1v) is 12.4. The van der Waals surface area contributed by atoms with Gasteiger partial charge in [0.15, 0.2) is 0 Å². The van der Waals surface area contributed by atoms with Gasteiger partial charge in [0.1, 0.15) is 18.1 Å². The Bertz CT molecular complexity index is 1170. The van der Waals surface area contributed by atoms with Crippen LogP contribution in [0.25, 0.3) is 11.0 Å². The van der Waals surface area contributed by atoms with Gasteiger partial charge in [-0.2, -0.15) is 0 Å². The summed E-state index contributed by atoms with van der Waals surface area (Å²) in [5, 5.41) is 12.0. The van der Waals surface area contributed by atoms with Gasteiger partial charge >= 0.3 is 0 Å². The standard InChI is InChI=1S/C26H32ClN5O3/c1-4-26(2,3)28-25(34)24(18-11-13-19(27)14-12-18)31(16-20-8-7-15-35-20)23(33)17-32-22-10-6-5-9-21(22)29-30-32/h5-6,9-14,20,24H,4,7-8,15-17H2,1-3H3,(H,28,34)/t20-,24-/m1/s1. The second-order valence-corrected chi connectivity index (χ2v) is 10.0. The molecule has 0 saturated carbocycles. The Morgan fingerprint density at radius 3 is 2.66 bits per heavy atom. The molecule has 2 amide bonds. The maximum Gasteiger partial charge on any atom is 0.247 e. The van der Waals surface area contributed by atoms with Crippen molar-refractivity contribution in [1.29, 1.82) is 0 Å². The van der Waals surface area contributed by atoms with Crippen LogP contribution in [0, 0.1) is 0 Å². The van der Waals surface area contributed by atoms with Crippen LogP contribution in [0.3, 0.4) is 0 Å². The number of ether oxygens (including phenoxy) is 1. The number of nitrogens with one attached hydrogen (secondary N) is 1. The number of nitrogens with zero attached hydrogens (tertiary/aromatic N) is 4. The number of halogens is 1. The van der Waals surface area contributed by atoms with Crippen LogP contribution in [0.15, 0.2) is 48.5 Å². The number of para-hydroxylation sites is 1. The Balaban J connectivity index is 1.70. The van der Waals surface area contributed by atoms with E-state index in [4.69, 9.17) is 16.3 Å². The molecule has 2 heterocycles. The van der Waals surface area contributed by atoms with E-state index in [-0.39, 0.29) is 24.5 Å². The molecule has 0 aliphatic carbocycles. The van der Waals surface area contributed by atoms with Gasteiger partial charge in [-0.25, -0.2) is 4.68 Å². The third kappa shape index (κ3) is 6.00. The zero-order valence-electron chi connectivity index (χ0n) is 20.4. The number of hydrogen-bond donors (Lipinski definition) is 1. The van der Waals surface area contributed by atoms with Crippen LogP contribution >= 0.6 is 11.6 Å². The van der Waals surface area contributed by atoms with Gasteiger partial charge < -0.3 is 15.0 Å². The second-order valence-electron chi connectivity index (χ2n) is 9.60. The lowest BCUT2D eigenvalue weighted by Gasteiger charge is -2.35. The van der Waals surface area contributed by atoms with Crippen LogP contribution in [0.5, 0.6) is 0 Å². The predicted octanol–water partition coefficient (Wildman–Crippen LogP) is 4.14. The molecule has 1 aliphatic rings. The summed E-state index contributed by atoms with van der Waals surface area (Å²) < 4.78 is 7.44. The third-order valence-electron chi connectivity index (χ3n) is 6.54. The number of amides is 2. The van der Waals surface area contributed by atoms with Crippen LogP contribution < -0.4 is 5.32 Å². The fourth-order valence-corrected chi connectivity index (χ4v) is 4.35. The van der Waals surface area contributed by atoms with Gasteiger partial charge in [0.25, 0.3) is 0 Å². The molecule has 0 unspecified atom stereocenters. The third-order valence-corrected chi connectivity index (χ3v) is 6.79. The lowest BCUT2D eigenvalue weighted by molar-refractivity contribution is -0.144. The monoisotopic (exact) mass is 497 g/mol. The lowest BCUT2D eigenvalue weighted by atomic mass is 9.98. The van der Waals surface area contributed by atoms with Crippen LogP contribution in [-0.4, -0.2) is 56.5 Å². The predicted molar refractivity (Wildman–Crippen MR) is 135 cm³/mol. The summed E-state index contributed by atoms with van der Waals surface area (Å²) in [7, 11) is 0. The minimum Gasteiger partial charge on any atom is -0.376 e. The minimum atomic E-state index is -0.843. The van der Waals surface area contributed by atoms with Crippen molar-refractivity contribution in [2.75, 3.05) is 13.2 Å². The number of rotatable bonds is 9. The lowest BCUT2D eigenvalue weighted by Crippen LogP contribution is -2.52. The summed E-state index contributed by atoms with van der Waals surface area (Å²) in [6.45, 7) is 6.87. The number of fused-ring (bicyclic) bond motifs is 1. The molecule has 0 radical (unpaired) electrons. The van der Waals surface area contributed by atoms with Crippen molar-refractivity contribution >= 4 is 34.4 Å². The summed E-state index contributed by atoms with van der Waals surface area (Å²) >= 11 is 6.14. The molecule has 1 aliphatic heterocycles. The molecule has 186 valence electrons. The topological polar surface area (TPSA) is 89.4 Å². The molecule has 1 saturated heterocycles. The first kappa shape index (κ1) is 25.1. The van der Waals surface area contributed by atoms with Gasteiger partial charge in [0.2, 0.25) is 11.8 Å². The first-order chi connectivity index (χ1) is 16.8. The van der Waals surface area contributed by atoms with Gasteiger partial charge in [0, 0.05) is 23.7 Å². The molecule has 1 fully saturated rings. The van der Waals surface area contributed by atoms with Crippen molar-refractivity contribution in [3.63, 3.8) is 0 Å². The van der Waals surface area contributed by atoms with E-state index in [0.29, 0.717) is 29.3 Å². The van der Waals surface area contributed by atoms with E-state index in [9.17, 15) is 9.59 Å². The van der Waals surface area contributed by atoms with E-state index in [1.165, 1.54) is 0 Å². The van der Waals surface area contributed by atoms with Gasteiger partial charge in [0.05, 0.1) is 11.6 Å². The second kappa shape index (κ2) is 10.7. The summed E-state index contributed by atoms with van der Waals surface area (Å²) in [5.41, 5.74) is 1.73. The van der Waals surface area contributed by atoms with E-state index in [0.717, 1.165) is 24.8 Å². The molecule has 1 aromatic heterocycles. The Morgan fingerprint density at radius 2 is 1.97 bits per heavy atom. The maximum atomic E-state index is 13.8. The Labute approximate surface area is 210 Å². The molecule has 9 heteroatoms. The van der Waals surface area contributed by atoms with Crippen molar-refractivity contribution in [3.05, 3.63) is 59.1 Å². The van der Waals surface area contributed by atoms with E-state index in [1.807, 2.05) is 45.0 Å². The van der Waals surface area contributed by atoms with Crippen LogP contribution in [0.2, 0.25) is 5.02 Å². The van der Waals surface area contributed by atoms with Crippen LogP contribution in [0.1, 0.15) is 51.6 Å². The number of carbonyl (C=O) groups excluding carboxylic acids is 2. The van der Waals surface area contributed by atoms with Crippen molar-refractivity contribution in [1.82, 2.24) is 25.2 Å². The summed E-state index contributed by atoms with van der Waals surface area (Å²) in [6, 6.07) is 13.7. The molecule has 1 N–H and O–H groups in total. The van der Waals surface area contributed by atoms with Crippen LogP contribution in [0.4, 0.5) is 0 Å². The maximum absolute atomic E-state index is 13.8. The molecule has 3 aromatic rings. The van der Waals surface area contributed by atoms with E-state index < -0.39 is 11.6 Å². The molecule has 35 heavy (non-hydrogen) atoms. The Kier molecular flexibility index (Phi) is 7.72. The quantitative estimate of drug-likeness (QED) is 0.480. The zero-order valence-corrected chi connectivity index (χ0v) is 21.2. The molecule has 4 rings (SSSR count). The number of aromatic nitrogens is 3. The highest BCUT2D eigenvalue weighted by Crippen LogP contribution is 2.27. The van der Waals surface area contributed by atoms with Gasteiger partial charge in [-0.15, -0.1) is 5.10 Å². The van der Waals surface area contributed by atoms with Crippen molar-refractivity contribution < 1.29 is 14.3 Å². The smallest absolute Gasteiger partial charge is 0.247 e. The first-order valence-electron chi connectivity index (χ1n) is 12.0. The number of carbonyl (C=O) groups is 2. The highest BCUT2D eigenvalue weighted by Gasteiger charge is 2.36. The minimum absolute atomic E-state index is 0.0399. The zero-order chi connectivity index (χ0) is 25.0. The molecule has 8 nitrogen and oxygen atoms in total. The van der Waals surface area contributed by atoms with Crippen molar-refractivity contribution in [3.8, 4) is 0 Å². The molecular weight excluding hydrogens is 466 g/mol. The number of benzene rings is 2. The summed E-state index contributed by atoms with van der Waals surface area (Å²) in [5.74, 6) is -0.477. The average molecular weight is 498 g/mol. The van der Waals surface area contributed by atoms with E-state index >= 15 is 0 Å². The molecular formula is C26H32ClN5O3.